The van der Waals surface area contributed by atoms with Crippen LogP contribution in [-0.2, 0) is 6.54 Å². The lowest BCUT2D eigenvalue weighted by Crippen LogP contribution is -2.25. The van der Waals surface area contributed by atoms with E-state index in [4.69, 9.17) is 0 Å². The van der Waals surface area contributed by atoms with Gasteiger partial charge in [0, 0.05) is 24.2 Å². The Morgan fingerprint density at radius 3 is 2.57 bits per heavy atom. The van der Waals surface area contributed by atoms with Gasteiger partial charge < -0.3 is 10.6 Å². The van der Waals surface area contributed by atoms with Crippen LogP contribution >= 0.6 is 0 Å². The van der Waals surface area contributed by atoms with Crippen LogP contribution in [0.4, 0.5) is 11.4 Å². The fourth-order valence-electron chi connectivity index (χ4n) is 2.26. The van der Waals surface area contributed by atoms with Crippen LogP contribution in [0.3, 0.4) is 0 Å². The Labute approximate surface area is 133 Å². The minimum Gasteiger partial charge on any atom is -0.375 e. The number of anilines is 1. The molecular weight excluding hydrogens is 294 g/mol. The summed E-state index contributed by atoms with van der Waals surface area (Å²) in [6.07, 6.45) is 1.95. The molecule has 0 atom stereocenters. The molecule has 1 fully saturated rings. The van der Waals surface area contributed by atoms with Crippen molar-refractivity contribution in [3.8, 4) is 0 Å². The van der Waals surface area contributed by atoms with Crippen molar-refractivity contribution in [2.24, 2.45) is 0 Å². The van der Waals surface area contributed by atoms with Crippen molar-refractivity contribution in [2.45, 2.75) is 25.4 Å². The third-order valence-corrected chi connectivity index (χ3v) is 3.69. The molecule has 2 aromatic carbocycles. The highest BCUT2D eigenvalue weighted by Crippen LogP contribution is 2.27. The molecule has 0 bridgehead atoms. The van der Waals surface area contributed by atoms with Crippen molar-refractivity contribution in [3.05, 3.63) is 69.8 Å². The first-order valence-corrected chi connectivity index (χ1v) is 7.50. The van der Waals surface area contributed by atoms with E-state index in [1.54, 1.807) is 12.1 Å². The molecule has 0 unspecified atom stereocenters. The van der Waals surface area contributed by atoms with Crippen molar-refractivity contribution in [2.75, 3.05) is 5.32 Å². The highest BCUT2D eigenvalue weighted by Gasteiger charge is 2.25. The number of amides is 1. The smallest absolute Gasteiger partial charge is 0.293 e. The zero-order valence-electron chi connectivity index (χ0n) is 12.5. The van der Waals surface area contributed by atoms with Crippen LogP contribution in [0.5, 0.6) is 0 Å². The number of nitro groups is 1. The molecule has 0 radical (unpaired) electrons. The summed E-state index contributed by atoms with van der Waals surface area (Å²) >= 11 is 0. The Morgan fingerprint density at radius 2 is 1.91 bits per heavy atom. The fraction of sp³-hybridized carbons (Fsp3) is 0.235. The first-order valence-electron chi connectivity index (χ1n) is 7.50. The van der Waals surface area contributed by atoms with E-state index in [9.17, 15) is 14.9 Å². The molecule has 6 heteroatoms. The molecule has 118 valence electrons. The van der Waals surface area contributed by atoms with Gasteiger partial charge in [0.1, 0.15) is 5.69 Å². The number of rotatable bonds is 6. The third-order valence-electron chi connectivity index (χ3n) is 3.69. The summed E-state index contributed by atoms with van der Waals surface area (Å²) in [6.45, 7) is 0.481. The largest absolute Gasteiger partial charge is 0.375 e. The molecular formula is C17H17N3O3. The van der Waals surface area contributed by atoms with E-state index in [1.807, 2.05) is 30.3 Å². The predicted octanol–water partition coefficient (Wildman–Crippen LogP) is 3.10. The predicted molar refractivity (Wildman–Crippen MR) is 87.4 cm³/mol. The molecule has 1 aliphatic rings. The fourth-order valence-corrected chi connectivity index (χ4v) is 2.26. The SMILES string of the molecule is O=C(NC1CC1)c1ccc(NCc2ccccc2)c([N+](=O)[O-])c1. The van der Waals surface area contributed by atoms with Crippen molar-refractivity contribution < 1.29 is 9.72 Å². The number of carbonyl (C=O) groups excluding carboxylic acids is 1. The second-order valence-electron chi connectivity index (χ2n) is 5.58. The van der Waals surface area contributed by atoms with Gasteiger partial charge >= 0.3 is 0 Å². The standard InChI is InChI=1S/C17H17N3O3/c21-17(19-14-7-8-14)13-6-9-15(16(10-13)20(22)23)18-11-12-4-2-1-3-5-12/h1-6,9-10,14,18H,7-8,11H2,(H,19,21). The van der Waals surface area contributed by atoms with Crippen LogP contribution in [0.1, 0.15) is 28.8 Å². The lowest BCUT2D eigenvalue weighted by Gasteiger charge is -2.09. The van der Waals surface area contributed by atoms with Crippen molar-refractivity contribution >= 4 is 17.3 Å². The first kappa shape index (κ1) is 15.0. The maximum atomic E-state index is 12.0. The zero-order valence-corrected chi connectivity index (χ0v) is 12.5. The summed E-state index contributed by atoms with van der Waals surface area (Å²) in [5.74, 6) is -0.259. The Hall–Kier alpha value is -2.89. The van der Waals surface area contributed by atoms with Crippen LogP contribution in [0, 0.1) is 10.1 Å². The summed E-state index contributed by atoms with van der Waals surface area (Å²) in [5.41, 5.74) is 1.65. The molecule has 1 aliphatic carbocycles. The lowest BCUT2D eigenvalue weighted by atomic mass is 10.1. The van der Waals surface area contributed by atoms with E-state index in [2.05, 4.69) is 10.6 Å². The van der Waals surface area contributed by atoms with Crippen LogP contribution in [-0.4, -0.2) is 16.9 Å². The first-order chi connectivity index (χ1) is 11.1. The van der Waals surface area contributed by atoms with Gasteiger partial charge in [-0.1, -0.05) is 30.3 Å². The monoisotopic (exact) mass is 311 g/mol. The van der Waals surface area contributed by atoms with Crippen molar-refractivity contribution in [3.63, 3.8) is 0 Å². The van der Waals surface area contributed by atoms with E-state index in [1.165, 1.54) is 6.07 Å². The number of hydrogen-bond acceptors (Lipinski definition) is 4. The van der Waals surface area contributed by atoms with Crippen molar-refractivity contribution in [1.29, 1.82) is 0 Å². The molecule has 2 aromatic rings. The average molecular weight is 311 g/mol. The van der Waals surface area contributed by atoms with E-state index in [-0.39, 0.29) is 17.6 Å². The Kier molecular flexibility index (Phi) is 4.23. The minimum atomic E-state index is -0.471. The Morgan fingerprint density at radius 1 is 1.17 bits per heavy atom. The Bertz CT molecular complexity index is 727. The van der Waals surface area contributed by atoms with Gasteiger partial charge in [-0.05, 0) is 30.5 Å². The third kappa shape index (κ3) is 3.85. The van der Waals surface area contributed by atoms with Crippen LogP contribution in [0.15, 0.2) is 48.5 Å². The summed E-state index contributed by atoms with van der Waals surface area (Å²) in [6, 6.07) is 14.4. The van der Waals surface area contributed by atoms with E-state index >= 15 is 0 Å². The van der Waals surface area contributed by atoms with Gasteiger partial charge in [-0.25, -0.2) is 0 Å². The number of nitrogens with one attached hydrogen (secondary N) is 2. The molecule has 6 nitrogen and oxygen atoms in total. The van der Waals surface area contributed by atoms with Gasteiger partial charge in [0.05, 0.1) is 4.92 Å². The van der Waals surface area contributed by atoms with Gasteiger partial charge in [-0.2, -0.15) is 0 Å². The number of hydrogen-bond donors (Lipinski definition) is 2. The molecule has 23 heavy (non-hydrogen) atoms. The van der Waals surface area contributed by atoms with Crippen LogP contribution < -0.4 is 10.6 Å². The maximum Gasteiger partial charge on any atom is 0.293 e. The quantitative estimate of drug-likeness (QED) is 0.634. The van der Waals surface area contributed by atoms with E-state index in [0.29, 0.717) is 17.8 Å². The molecule has 0 spiro atoms. The second-order valence-corrected chi connectivity index (χ2v) is 5.58. The molecule has 0 aromatic heterocycles. The summed E-state index contributed by atoms with van der Waals surface area (Å²) < 4.78 is 0. The highest BCUT2D eigenvalue weighted by molar-refractivity contribution is 5.96. The number of nitro benzene ring substituents is 1. The lowest BCUT2D eigenvalue weighted by molar-refractivity contribution is -0.384. The average Bonchev–Trinajstić information content (AvgIpc) is 3.37. The molecule has 0 saturated heterocycles. The van der Waals surface area contributed by atoms with Crippen LogP contribution in [0.2, 0.25) is 0 Å². The van der Waals surface area contributed by atoms with Gasteiger partial charge in [-0.3, -0.25) is 14.9 Å². The Balaban J connectivity index is 1.76. The molecule has 3 rings (SSSR count). The van der Waals surface area contributed by atoms with Crippen LogP contribution in [0.25, 0.3) is 0 Å². The molecule has 0 aliphatic heterocycles. The zero-order chi connectivity index (χ0) is 16.2. The molecule has 1 saturated carbocycles. The highest BCUT2D eigenvalue weighted by atomic mass is 16.6. The van der Waals surface area contributed by atoms with E-state index < -0.39 is 4.92 Å². The number of nitrogens with zero attached hydrogens (tertiary/aromatic N) is 1. The number of benzene rings is 2. The van der Waals surface area contributed by atoms with Crippen molar-refractivity contribution in [1.82, 2.24) is 5.32 Å². The summed E-state index contributed by atoms with van der Waals surface area (Å²) in [5, 5.41) is 17.2. The topological polar surface area (TPSA) is 84.3 Å². The second kappa shape index (κ2) is 6.48. The van der Waals surface area contributed by atoms with Gasteiger partial charge in [-0.15, -0.1) is 0 Å². The molecule has 2 N–H and O–H groups in total. The van der Waals surface area contributed by atoms with Gasteiger partial charge in [0.25, 0.3) is 11.6 Å². The van der Waals surface area contributed by atoms with E-state index in [0.717, 1.165) is 18.4 Å². The number of carbonyl (C=O) groups is 1. The van der Waals surface area contributed by atoms with Gasteiger partial charge in [0.15, 0.2) is 0 Å². The normalized spacial score (nSPS) is 13.4. The summed E-state index contributed by atoms with van der Waals surface area (Å²) in [7, 11) is 0. The molecule has 1 amide bonds. The minimum absolute atomic E-state index is 0.0932. The maximum absolute atomic E-state index is 12.0. The molecule has 0 heterocycles. The summed E-state index contributed by atoms with van der Waals surface area (Å²) in [4.78, 5) is 22.8. The van der Waals surface area contributed by atoms with Gasteiger partial charge in [0.2, 0.25) is 0 Å².